The van der Waals surface area contributed by atoms with Crippen LogP contribution in [0.1, 0.15) is 12.5 Å². The van der Waals surface area contributed by atoms with Gasteiger partial charge in [0.05, 0.1) is 29.0 Å². The number of nitrogens with one attached hydrogen (secondary N) is 1. The molecule has 1 aromatic heterocycles. The fraction of sp³-hybridized carbons (Fsp3) is 0.286. The number of thioether (sulfide) groups is 1. The molecule has 0 saturated heterocycles. The van der Waals surface area contributed by atoms with Gasteiger partial charge in [0.15, 0.2) is 5.16 Å². The molecular weight excluding hydrogens is 374 g/mol. The zero-order chi connectivity index (χ0) is 20.1. The third-order valence-electron chi connectivity index (χ3n) is 4.19. The molecule has 0 aliphatic carbocycles. The van der Waals surface area contributed by atoms with Crippen molar-refractivity contribution in [1.82, 2.24) is 14.9 Å². The van der Waals surface area contributed by atoms with E-state index in [2.05, 4.69) is 10.3 Å². The molecule has 0 spiro atoms. The Hall–Kier alpha value is -2.64. The lowest BCUT2D eigenvalue weighted by Gasteiger charge is -2.15. The average molecular weight is 398 g/mol. The first-order valence-electron chi connectivity index (χ1n) is 8.99. The molecule has 146 valence electrons. The topological polar surface area (TPSA) is 73.2 Å². The highest BCUT2D eigenvalue weighted by Crippen LogP contribution is 2.21. The van der Waals surface area contributed by atoms with Gasteiger partial charge in [-0.1, -0.05) is 41.6 Å². The van der Waals surface area contributed by atoms with E-state index in [1.165, 1.54) is 11.8 Å². The van der Waals surface area contributed by atoms with E-state index in [0.717, 1.165) is 11.3 Å². The molecule has 0 unspecified atom stereocenters. The summed E-state index contributed by atoms with van der Waals surface area (Å²) >= 11 is 1.24. The zero-order valence-electron chi connectivity index (χ0n) is 16.1. The quantitative estimate of drug-likeness (QED) is 0.490. The van der Waals surface area contributed by atoms with Gasteiger partial charge in [-0.15, -0.1) is 0 Å². The van der Waals surface area contributed by atoms with E-state index in [4.69, 9.17) is 4.74 Å². The highest BCUT2D eigenvalue weighted by Gasteiger charge is 2.15. The molecule has 0 saturated carbocycles. The van der Waals surface area contributed by atoms with Crippen molar-refractivity contribution in [3.8, 4) is 5.69 Å². The molecule has 1 amide bonds. The van der Waals surface area contributed by atoms with E-state index < -0.39 is 0 Å². The minimum Gasteiger partial charge on any atom is -0.383 e. The summed E-state index contributed by atoms with van der Waals surface area (Å²) in [6.45, 7) is 4.31. The molecule has 28 heavy (non-hydrogen) atoms. The lowest BCUT2D eigenvalue weighted by atomic mass is 10.2. The van der Waals surface area contributed by atoms with E-state index in [0.29, 0.717) is 22.7 Å². The summed E-state index contributed by atoms with van der Waals surface area (Å²) in [6, 6.07) is 14.8. The molecule has 3 aromatic rings. The molecule has 0 aliphatic rings. The predicted molar refractivity (Wildman–Crippen MR) is 112 cm³/mol. The number of fused-ring (bicyclic) bond motifs is 1. The Kier molecular flexibility index (Phi) is 6.49. The number of carbonyl (C=O) groups is 1. The van der Waals surface area contributed by atoms with Crippen LogP contribution in [-0.2, 0) is 9.53 Å². The number of ether oxygens (including phenoxy) is 1. The van der Waals surface area contributed by atoms with E-state index in [9.17, 15) is 9.59 Å². The number of hydrogen-bond acceptors (Lipinski definition) is 5. The number of hydrogen-bond donors (Lipinski definition) is 1. The third kappa shape index (κ3) is 4.61. The maximum Gasteiger partial charge on any atom is 0.266 e. The lowest BCUT2D eigenvalue weighted by Crippen LogP contribution is -2.36. The Bertz CT molecular complexity index is 1030. The Labute approximate surface area is 167 Å². The van der Waals surface area contributed by atoms with Crippen LogP contribution in [0.3, 0.4) is 0 Å². The largest absolute Gasteiger partial charge is 0.383 e. The minimum atomic E-state index is -0.148. The molecule has 3 rings (SSSR count). The fourth-order valence-corrected chi connectivity index (χ4v) is 3.69. The molecular formula is C21H23N3O3S. The standard InChI is InChI=1S/C21H23N3O3S/c1-14-8-10-16(11-9-14)24-20(26)17-6-4-5-7-18(17)23-21(24)28-13-19(25)22-15(2)12-27-3/h4-11,15H,12-13H2,1-3H3,(H,22,25)/t15-/m0/s1. The normalized spacial score (nSPS) is 12.1. The van der Waals surface area contributed by atoms with Gasteiger partial charge in [-0.2, -0.15) is 0 Å². The predicted octanol–water partition coefficient (Wildman–Crippen LogP) is 2.94. The van der Waals surface area contributed by atoms with E-state index >= 15 is 0 Å². The summed E-state index contributed by atoms with van der Waals surface area (Å²) in [7, 11) is 1.59. The number of methoxy groups -OCH3 is 1. The van der Waals surface area contributed by atoms with Crippen molar-refractivity contribution in [2.45, 2.75) is 25.0 Å². The Balaban J connectivity index is 1.96. The van der Waals surface area contributed by atoms with Crippen LogP contribution in [0.2, 0.25) is 0 Å². The van der Waals surface area contributed by atoms with Crippen LogP contribution in [0.4, 0.5) is 0 Å². The average Bonchev–Trinajstić information content (AvgIpc) is 2.68. The van der Waals surface area contributed by atoms with E-state index in [1.807, 2.05) is 50.2 Å². The van der Waals surface area contributed by atoms with Crippen molar-refractivity contribution in [3.63, 3.8) is 0 Å². The van der Waals surface area contributed by atoms with Crippen molar-refractivity contribution < 1.29 is 9.53 Å². The molecule has 0 radical (unpaired) electrons. The van der Waals surface area contributed by atoms with Crippen LogP contribution >= 0.6 is 11.8 Å². The Morgan fingerprint density at radius 2 is 1.93 bits per heavy atom. The zero-order valence-corrected chi connectivity index (χ0v) is 17.0. The third-order valence-corrected chi connectivity index (χ3v) is 5.13. The van der Waals surface area contributed by atoms with E-state index in [1.54, 1.807) is 23.8 Å². The van der Waals surface area contributed by atoms with Crippen LogP contribution in [0.5, 0.6) is 0 Å². The first kappa shape index (κ1) is 20.1. The van der Waals surface area contributed by atoms with Crippen molar-refractivity contribution in [2.24, 2.45) is 0 Å². The Morgan fingerprint density at radius 1 is 1.21 bits per heavy atom. The number of nitrogens with zero attached hydrogens (tertiary/aromatic N) is 2. The second kappa shape index (κ2) is 9.03. The van der Waals surface area contributed by atoms with Crippen molar-refractivity contribution in [2.75, 3.05) is 19.5 Å². The van der Waals surface area contributed by atoms with Gasteiger partial charge in [-0.25, -0.2) is 4.98 Å². The van der Waals surface area contributed by atoms with Crippen molar-refractivity contribution in [3.05, 3.63) is 64.4 Å². The second-order valence-corrected chi connectivity index (χ2v) is 7.54. The van der Waals surface area contributed by atoms with Gasteiger partial charge in [0.2, 0.25) is 5.91 Å². The molecule has 1 atom stereocenters. The monoisotopic (exact) mass is 397 g/mol. The number of benzene rings is 2. The number of aromatic nitrogens is 2. The van der Waals surface area contributed by atoms with Gasteiger partial charge in [0.1, 0.15) is 0 Å². The second-order valence-electron chi connectivity index (χ2n) is 6.60. The number of rotatable bonds is 7. The van der Waals surface area contributed by atoms with Gasteiger partial charge < -0.3 is 10.1 Å². The van der Waals surface area contributed by atoms with E-state index in [-0.39, 0.29) is 23.3 Å². The molecule has 0 aliphatic heterocycles. The van der Waals surface area contributed by atoms with Crippen LogP contribution in [-0.4, -0.2) is 41.0 Å². The molecule has 0 fully saturated rings. The van der Waals surface area contributed by atoms with Gasteiger partial charge in [0.25, 0.3) is 5.56 Å². The summed E-state index contributed by atoms with van der Waals surface area (Å²) in [6.07, 6.45) is 0. The molecule has 2 aromatic carbocycles. The van der Waals surface area contributed by atoms with Gasteiger partial charge in [-0.3, -0.25) is 14.2 Å². The highest BCUT2D eigenvalue weighted by atomic mass is 32.2. The smallest absolute Gasteiger partial charge is 0.266 e. The van der Waals surface area contributed by atoms with Crippen molar-refractivity contribution in [1.29, 1.82) is 0 Å². The lowest BCUT2D eigenvalue weighted by molar-refractivity contribution is -0.119. The summed E-state index contributed by atoms with van der Waals surface area (Å²) in [5, 5.41) is 3.90. The van der Waals surface area contributed by atoms with Crippen LogP contribution < -0.4 is 10.9 Å². The fourth-order valence-electron chi connectivity index (χ4n) is 2.87. The number of amides is 1. The maximum atomic E-state index is 13.1. The first-order valence-corrected chi connectivity index (χ1v) is 9.98. The molecule has 0 bridgehead atoms. The van der Waals surface area contributed by atoms with Crippen LogP contribution in [0, 0.1) is 6.92 Å². The minimum absolute atomic E-state index is 0.0815. The molecule has 6 nitrogen and oxygen atoms in total. The number of carbonyl (C=O) groups excluding carboxylic acids is 1. The Morgan fingerprint density at radius 3 is 2.64 bits per heavy atom. The molecule has 1 N–H and O–H groups in total. The molecule has 1 heterocycles. The SMILES string of the molecule is COC[C@H](C)NC(=O)CSc1nc2ccccc2c(=O)n1-c1ccc(C)cc1. The number of aryl methyl sites for hydroxylation is 1. The number of para-hydroxylation sites is 1. The highest BCUT2D eigenvalue weighted by molar-refractivity contribution is 7.99. The summed E-state index contributed by atoms with van der Waals surface area (Å²) in [4.78, 5) is 30.0. The van der Waals surface area contributed by atoms with Gasteiger partial charge in [0, 0.05) is 13.2 Å². The summed E-state index contributed by atoms with van der Waals surface area (Å²) in [5.74, 6) is 0.0254. The first-order chi connectivity index (χ1) is 13.5. The van der Waals surface area contributed by atoms with Crippen LogP contribution in [0.15, 0.2) is 58.5 Å². The maximum absolute atomic E-state index is 13.1. The van der Waals surface area contributed by atoms with Gasteiger partial charge >= 0.3 is 0 Å². The summed E-state index contributed by atoms with van der Waals surface area (Å²) in [5.41, 5.74) is 2.30. The van der Waals surface area contributed by atoms with Crippen molar-refractivity contribution >= 4 is 28.6 Å². The van der Waals surface area contributed by atoms with Crippen LogP contribution in [0.25, 0.3) is 16.6 Å². The summed E-state index contributed by atoms with van der Waals surface area (Å²) < 4.78 is 6.61. The molecule has 7 heteroatoms. The van der Waals surface area contributed by atoms with Gasteiger partial charge in [-0.05, 0) is 38.1 Å².